The molecule has 0 unspecified atom stereocenters. The van der Waals surface area contributed by atoms with E-state index in [1.807, 2.05) is 27.7 Å². The van der Waals surface area contributed by atoms with E-state index in [1.165, 1.54) is 7.11 Å². The Balaban J connectivity index is 2.68. The van der Waals surface area contributed by atoms with E-state index in [-0.39, 0.29) is 12.1 Å². The van der Waals surface area contributed by atoms with Gasteiger partial charge in [0.05, 0.1) is 7.11 Å². The van der Waals surface area contributed by atoms with Crippen LogP contribution < -0.4 is 0 Å². The summed E-state index contributed by atoms with van der Waals surface area (Å²) in [7, 11) is 1.30. The molecule has 0 heterocycles. The number of hydrogen-bond acceptors (Lipinski definition) is 4. The second-order valence-electron chi connectivity index (χ2n) is 4.95. The number of amides is 1. The lowest BCUT2D eigenvalue weighted by molar-refractivity contribution is -0.153. The highest BCUT2D eigenvalue weighted by Gasteiger charge is 2.56. The minimum atomic E-state index is -1.02. The third kappa shape index (κ3) is 2.90. The van der Waals surface area contributed by atoms with Gasteiger partial charge in [0.2, 0.25) is 5.60 Å². The maximum absolute atomic E-state index is 12.0. The van der Waals surface area contributed by atoms with Crippen LogP contribution in [-0.4, -0.2) is 41.8 Å². The molecule has 1 saturated carbocycles. The summed E-state index contributed by atoms with van der Waals surface area (Å²) in [5.74, 6) is -0.460. The lowest BCUT2D eigenvalue weighted by atomic mass is 10.2. The van der Waals surface area contributed by atoms with E-state index in [2.05, 4.69) is 4.74 Å². The van der Waals surface area contributed by atoms with Gasteiger partial charge in [-0.2, -0.15) is 0 Å². The SMILES string of the molecule is COC(=O)C1(OC(=O)N(C(C)C)C(C)C)CC1. The Labute approximate surface area is 102 Å². The van der Waals surface area contributed by atoms with Gasteiger partial charge < -0.3 is 14.4 Å². The predicted octanol–water partition coefficient (Wildman–Crippen LogP) is 1.95. The molecule has 5 nitrogen and oxygen atoms in total. The predicted molar refractivity (Wildman–Crippen MR) is 62.6 cm³/mol. The number of methoxy groups -OCH3 is 1. The molecule has 5 heteroatoms. The van der Waals surface area contributed by atoms with Crippen molar-refractivity contribution in [1.29, 1.82) is 0 Å². The Bertz CT molecular complexity index is 300. The Morgan fingerprint density at radius 2 is 1.59 bits per heavy atom. The molecule has 0 radical (unpaired) electrons. The van der Waals surface area contributed by atoms with E-state index in [9.17, 15) is 9.59 Å². The maximum atomic E-state index is 12.0. The third-order valence-corrected chi connectivity index (χ3v) is 2.87. The van der Waals surface area contributed by atoms with E-state index in [1.54, 1.807) is 4.90 Å². The first-order chi connectivity index (χ1) is 7.84. The second-order valence-corrected chi connectivity index (χ2v) is 4.95. The lowest BCUT2D eigenvalue weighted by Gasteiger charge is -2.31. The number of carbonyl (C=O) groups excluding carboxylic acids is 2. The summed E-state index contributed by atoms with van der Waals surface area (Å²) in [6, 6.07) is 0.0758. The van der Waals surface area contributed by atoms with Crippen LogP contribution in [0.2, 0.25) is 0 Å². The molecule has 1 amide bonds. The molecule has 0 aromatic carbocycles. The topological polar surface area (TPSA) is 55.8 Å². The highest BCUT2D eigenvalue weighted by Crippen LogP contribution is 2.41. The van der Waals surface area contributed by atoms with Crippen LogP contribution in [0.5, 0.6) is 0 Å². The Hall–Kier alpha value is -1.26. The van der Waals surface area contributed by atoms with Gasteiger partial charge in [-0.1, -0.05) is 0 Å². The molecule has 17 heavy (non-hydrogen) atoms. The molecule has 0 N–H and O–H groups in total. The molecule has 0 aromatic rings. The van der Waals surface area contributed by atoms with Gasteiger partial charge in [0.15, 0.2) is 0 Å². The zero-order chi connectivity index (χ0) is 13.2. The van der Waals surface area contributed by atoms with Crippen LogP contribution in [0, 0.1) is 0 Å². The summed E-state index contributed by atoms with van der Waals surface area (Å²) < 4.78 is 9.94. The lowest BCUT2D eigenvalue weighted by Crippen LogP contribution is -2.45. The number of rotatable bonds is 4. The molecule has 1 aliphatic carbocycles. The highest BCUT2D eigenvalue weighted by atomic mass is 16.6. The van der Waals surface area contributed by atoms with Gasteiger partial charge in [-0.05, 0) is 27.7 Å². The van der Waals surface area contributed by atoms with Gasteiger partial charge in [-0.25, -0.2) is 9.59 Å². The van der Waals surface area contributed by atoms with Crippen LogP contribution in [0.4, 0.5) is 4.79 Å². The first kappa shape index (κ1) is 13.8. The molecule has 0 aliphatic heterocycles. The molecule has 0 saturated heterocycles. The molecular weight excluding hydrogens is 222 g/mol. The van der Waals surface area contributed by atoms with Crippen LogP contribution in [0.3, 0.4) is 0 Å². The molecule has 1 rings (SSSR count). The number of nitrogens with zero attached hydrogens (tertiary/aromatic N) is 1. The zero-order valence-electron chi connectivity index (χ0n) is 11.1. The molecule has 0 aromatic heterocycles. The molecule has 1 fully saturated rings. The minimum Gasteiger partial charge on any atom is -0.466 e. The van der Waals surface area contributed by atoms with Gasteiger partial charge in [0.1, 0.15) is 0 Å². The summed E-state index contributed by atoms with van der Waals surface area (Å²) >= 11 is 0. The van der Waals surface area contributed by atoms with Crippen molar-refractivity contribution < 1.29 is 19.1 Å². The van der Waals surface area contributed by atoms with E-state index in [0.717, 1.165) is 0 Å². The summed E-state index contributed by atoms with van der Waals surface area (Å²) in [6.45, 7) is 7.66. The van der Waals surface area contributed by atoms with Gasteiger partial charge >= 0.3 is 12.1 Å². The average molecular weight is 243 g/mol. The van der Waals surface area contributed by atoms with Gasteiger partial charge in [-0.15, -0.1) is 0 Å². The normalized spacial score (nSPS) is 16.9. The van der Waals surface area contributed by atoms with E-state index < -0.39 is 17.7 Å². The Morgan fingerprint density at radius 3 is 1.88 bits per heavy atom. The summed E-state index contributed by atoms with van der Waals surface area (Å²) in [6.07, 6.45) is 0.656. The van der Waals surface area contributed by atoms with Crippen molar-refractivity contribution in [2.75, 3.05) is 7.11 Å². The summed E-state index contributed by atoms with van der Waals surface area (Å²) in [4.78, 5) is 25.1. The van der Waals surface area contributed by atoms with Crippen molar-refractivity contribution in [3.05, 3.63) is 0 Å². The largest absolute Gasteiger partial charge is 0.466 e. The quantitative estimate of drug-likeness (QED) is 0.708. The van der Waals surface area contributed by atoms with E-state index >= 15 is 0 Å². The van der Waals surface area contributed by atoms with Crippen LogP contribution in [0.15, 0.2) is 0 Å². The fourth-order valence-electron chi connectivity index (χ4n) is 1.89. The van der Waals surface area contributed by atoms with E-state index in [0.29, 0.717) is 12.8 Å². The molecule has 0 bridgehead atoms. The molecular formula is C12H21NO4. The molecule has 1 aliphatic rings. The fourth-order valence-corrected chi connectivity index (χ4v) is 1.89. The van der Waals surface area contributed by atoms with Crippen molar-refractivity contribution in [3.8, 4) is 0 Å². The molecule has 98 valence electrons. The number of esters is 1. The van der Waals surface area contributed by atoms with Crippen LogP contribution >= 0.6 is 0 Å². The van der Waals surface area contributed by atoms with Crippen molar-refractivity contribution in [2.24, 2.45) is 0 Å². The number of carbonyl (C=O) groups is 2. The number of hydrogen-bond donors (Lipinski definition) is 0. The highest BCUT2D eigenvalue weighted by molar-refractivity contribution is 5.86. The van der Waals surface area contributed by atoms with E-state index in [4.69, 9.17) is 4.74 Å². The van der Waals surface area contributed by atoms with Crippen LogP contribution in [0.25, 0.3) is 0 Å². The van der Waals surface area contributed by atoms with Crippen molar-refractivity contribution in [1.82, 2.24) is 4.90 Å². The van der Waals surface area contributed by atoms with Crippen LogP contribution in [0.1, 0.15) is 40.5 Å². The maximum Gasteiger partial charge on any atom is 0.411 e. The van der Waals surface area contributed by atoms with Crippen molar-refractivity contribution >= 4 is 12.1 Å². The summed E-state index contributed by atoms with van der Waals surface area (Å²) in [5.41, 5.74) is -1.02. The third-order valence-electron chi connectivity index (χ3n) is 2.87. The second kappa shape index (κ2) is 4.94. The minimum absolute atomic E-state index is 0.0379. The standard InChI is InChI=1S/C12H21NO4/c1-8(2)13(9(3)4)11(15)17-12(6-7-12)10(14)16-5/h8-9H,6-7H2,1-5H3. The van der Waals surface area contributed by atoms with Gasteiger partial charge in [0.25, 0.3) is 0 Å². The smallest absolute Gasteiger partial charge is 0.411 e. The molecule has 0 atom stereocenters. The fraction of sp³-hybridized carbons (Fsp3) is 0.833. The van der Waals surface area contributed by atoms with Crippen molar-refractivity contribution in [2.45, 2.75) is 58.2 Å². The average Bonchev–Trinajstić information content (AvgIpc) is 2.96. The molecule has 0 spiro atoms. The first-order valence-electron chi connectivity index (χ1n) is 5.94. The van der Waals surface area contributed by atoms with Crippen LogP contribution in [-0.2, 0) is 14.3 Å². The Kier molecular flexibility index (Phi) is 4.01. The zero-order valence-corrected chi connectivity index (χ0v) is 11.1. The van der Waals surface area contributed by atoms with Crippen molar-refractivity contribution in [3.63, 3.8) is 0 Å². The monoisotopic (exact) mass is 243 g/mol. The van der Waals surface area contributed by atoms with Gasteiger partial charge in [0, 0.05) is 24.9 Å². The Morgan fingerprint density at radius 1 is 1.12 bits per heavy atom. The number of ether oxygens (including phenoxy) is 2. The summed E-state index contributed by atoms with van der Waals surface area (Å²) in [5, 5.41) is 0. The van der Waals surface area contributed by atoms with Gasteiger partial charge in [-0.3, -0.25) is 0 Å². The first-order valence-corrected chi connectivity index (χ1v) is 5.94.